The smallest absolute Gasteiger partial charge is 0.0621 e. The molecule has 2 nitrogen and oxygen atoms in total. The summed E-state index contributed by atoms with van der Waals surface area (Å²) >= 11 is 0. The minimum absolute atomic E-state index is 0.234. The van der Waals surface area contributed by atoms with E-state index in [2.05, 4.69) is 13.8 Å². The fourth-order valence-electron chi connectivity index (χ4n) is 1.91. The summed E-state index contributed by atoms with van der Waals surface area (Å²) in [7, 11) is 0. The van der Waals surface area contributed by atoms with Crippen molar-refractivity contribution in [3.05, 3.63) is 0 Å². The number of nitrogens with two attached hydrogens (primary N) is 1. The van der Waals surface area contributed by atoms with Gasteiger partial charge in [0.1, 0.15) is 0 Å². The van der Waals surface area contributed by atoms with Crippen LogP contribution >= 0.6 is 0 Å². The Kier molecular flexibility index (Phi) is 4.74. The van der Waals surface area contributed by atoms with E-state index in [4.69, 9.17) is 10.5 Å². The minimum Gasteiger partial charge on any atom is -0.377 e. The molecule has 0 aliphatic heterocycles. The molecule has 1 saturated carbocycles. The molecular weight excluding hydrogens is 162 g/mol. The fraction of sp³-hybridized carbons (Fsp3) is 1.00. The first-order valence-electron chi connectivity index (χ1n) is 5.59. The number of rotatable bonds is 4. The summed E-state index contributed by atoms with van der Waals surface area (Å²) in [6.07, 6.45) is 6.67. The second-order valence-corrected chi connectivity index (χ2v) is 4.40. The van der Waals surface area contributed by atoms with E-state index < -0.39 is 0 Å². The maximum Gasteiger partial charge on any atom is 0.0621 e. The van der Waals surface area contributed by atoms with Gasteiger partial charge < -0.3 is 10.5 Å². The number of hydrogen-bond donors (Lipinski definition) is 1. The molecule has 1 fully saturated rings. The molecule has 0 aromatic heterocycles. The number of hydrogen-bond acceptors (Lipinski definition) is 2. The molecule has 13 heavy (non-hydrogen) atoms. The van der Waals surface area contributed by atoms with Crippen LogP contribution in [-0.4, -0.2) is 18.8 Å². The lowest BCUT2D eigenvalue weighted by molar-refractivity contribution is 0.00841. The zero-order valence-electron chi connectivity index (χ0n) is 8.96. The summed E-state index contributed by atoms with van der Waals surface area (Å²) in [6.45, 7) is 5.17. The summed E-state index contributed by atoms with van der Waals surface area (Å²) in [4.78, 5) is 0. The third-order valence-electron chi connectivity index (χ3n) is 2.96. The van der Waals surface area contributed by atoms with Crippen LogP contribution in [0, 0.1) is 5.92 Å². The van der Waals surface area contributed by atoms with Crippen LogP contribution in [0.3, 0.4) is 0 Å². The molecule has 0 amide bonds. The van der Waals surface area contributed by atoms with Crippen molar-refractivity contribution in [2.24, 2.45) is 11.7 Å². The SMILES string of the molecule is CCC(N)COC1CCCC(C)C1. The predicted octanol–water partition coefficient (Wildman–Crippen LogP) is 2.32. The van der Waals surface area contributed by atoms with Gasteiger partial charge in [0.25, 0.3) is 0 Å². The van der Waals surface area contributed by atoms with Crippen molar-refractivity contribution in [1.82, 2.24) is 0 Å². The van der Waals surface area contributed by atoms with Crippen molar-refractivity contribution in [2.45, 2.75) is 58.1 Å². The monoisotopic (exact) mass is 185 g/mol. The normalized spacial score (nSPS) is 31.6. The number of ether oxygens (including phenoxy) is 1. The van der Waals surface area contributed by atoms with E-state index in [1.54, 1.807) is 0 Å². The molecule has 0 heterocycles. The summed E-state index contributed by atoms with van der Waals surface area (Å²) in [5.41, 5.74) is 5.80. The maximum atomic E-state index is 5.80. The Bertz CT molecular complexity index is 138. The van der Waals surface area contributed by atoms with E-state index in [9.17, 15) is 0 Å². The average molecular weight is 185 g/mol. The molecule has 0 bridgehead atoms. The molecule has 0 aromatic rings. The predicted molar refractivity (Wildman–Crippen MR) is 55.6 cm³/mol. The second-order valence-electron chi connectivity index (χ2n) is 4.40. The highest BCUT2D eigenvalue weighted by atomic mass is 16.5. The lowest BCUT2D eigenvalue weighted by atomic mass is 9.89. The Morgan fingerprint density at radius 1 is 1.46 bits per heavy atom. The molecule has 78 valence electrons. The summed E-state index contributed by atoms with van der Waals surface area (Å²) in [6, 6.07) is 0.234. The lowest BCUT2D eigenvalue weighted by Gasteiger charge is -2.27. The van der Waals surface area contributed by atoms with Gasteiger partial charge in [-0.2, -0.15) is 0 Å². The van der Waals surface area contributed by atoms with Crippen LogP contribution in [0.25, 0.3) is 0 Å². The average Bonchev–Trinajstić information content (AvgIpc) is 2.14. The van der Waals surface area contributed by atoms with Crippen LogP contribution in [0.2, 0.25) is 0 Å². The molecule has 1 rings (SSSR count). The summed E-state index contributed by atoms with van der Waals surface area (Å²) < 4.78 is 5.78. The Balaban J connectivity index is 2.13. The van der Waals surface area contributed by atoms with Gasteiger partial charge in [-0.3, -0.25) is 0 Å². The van der Waals surface area contributed by atoms with E-state index in [0.717, 1.165) is 18.9 Å². The van der Waals surface area contributed by atoms with Gasteiger partial charge >= 0.3 is 0 Å². The second kappa shape index (κ2) is 5.61. The zero-order chi connectivity index (χ0) is 9.68. The molecule has 3 unspecified atom stereocenters. The highest BCUT2D eigenvalue weighted by molar-refractivity contribution is 4.71. The van der Waals surface area contributed by atoms with Crippen LogP contribution in [-0.2, 0) is 4.74 Å². The fourth-order valence-corrected chi connectivity index (χ4v) is 1.91. The third kappa shape index (κ3) is 4.10. The van der Waals surface area contributed by atoms with Gasteiger partial charge in [-0.1, -0.05) is 26.7 Å². The van der Waals surface area contributed by atoms with Gasteiger partial charge in [0, 0.05) is 6.04 Å². The molecule has 0 aromatic carbocycles. The molecule has 0 saturated heterocycles. The van der Waals surface area contributed by atoms with E-state index in [1.807, 2.05) is 0 Å². The summed E-state index contributed by atoms with van der Waals surface area (Å²) in [5.74, 6) is 0.844. The van der Waals surface area contributed by atoms with E-state index in [0.29, 0.717) is 6.10 Å². The topological polar surface area (TPSA) is 35.2 Å². The van der Waals surface area contributed by atoms with Crippen LogP contribution in [0.15, 0.2) is 0 Å². The first-order chi connectivity index (χ1) is 6.22. The highest BCUT2D eigenvalue weighted by Crippen LogP contribution is 2.25. The van der Waals surface area contributed by atoms with Crippen molar-refractivity contribution >= 4 is 0 Å². The van der Waals surface area contributed by atoms with E-state index >= 15 is 0 Å². The Hall–Kier alpha value is -0.0800. The molecule has 2 N–H and O–H groups in total. The van der Waals surface area contributed by atoms with Crippen molar-refractivity contribution < 1.29 is 4.74 Å². The molecular formula is C11H23NO. The molecule has 2 heteroatoms. The largest absolute Gasteiger partial charge is 0.377 e. The van der Waals surface area contributed by atoms with Crippen molar-refractivity contribution in [3.63, 3.8) is 0 Å². The molecule has 1 aliphatic carbocycles. The first kappa shape index (κ1) is 11.0. The first-order valence-corrected chi connectivity index (χ1v) is 5.59. The minimum atomic E-state index is 0.234. The van der Waals surface area contributed by atoms with Crippen molar-refractivity contribution in [3.8, 4) is 0 Å². The Morgan fingerprint density at radius 2 is 2.23 bits per heavy atom. The van der Waals surface area contributed by atoms with Crippen molar-refractivity contribution in [1.29, 1.82) is 0 Å². The van der Waals surface area contributed by atoms with Gasteiger partial charge in [0.05, 0.1) is 12.7 Å². The standard InChI is InChI=1S/C11H23NO/c1-3-10(12)8-13-11-6-4-5-9(2)7-11/h9-11H,3-8,12H2,1-2H3. The Labute approximate surface area is 81.8 Å². The van der Waals surface area contributed by atoms with Crippen molar-refractivity contribution in [2.75, 3.05) is 6.61 Å². The Morgan fingerprint density at radius 3 is 2.85 bits per heavy atom. The zero-order valence-corrected chi connectivity index (χ0v) is 8.96. The molecule has 0 spiro atoms. The van der Waals surface area contributed by atoms with E-state index in [-0.39, 0.29) is 6.04 Å². The lowest BCUT2D eigenvalue weighted by Crippen LogP contribution is -2.30. The van der Waals surface area contributed by atoms with Crippen LogP contribution < -0.4 is 5.73 Å². The van der Waals surface area contributed by atoms with Gasteiger partial charge in [-0.05, 0) is 25.2 Å². The molecule has 0 radical (unpaired) electrons. The van der Waals surface area contributed by atoms with Gasteiger partial charge in [-0.15, -0.1) is 0 Å². The maximum absolute atomic E-state index is 5.80. The van der Waals surface area contributed by atoms with Crippen LogP contribution in [0.4, 0.5) is 0 Å². The van der Waals surface area contributed by atoms with Crippen LogP contribution in [0.5, 0.6) is 0 Å². The molecule has 1 aliphatic rings. The van der Waals surface area contributed by atoms with Gasteiger partial charge in [-0.25, -0.2) is 0 Å². The van der Waals surface area contributed by atoms with Gasteiger partial charge in [0.2, 0.25) is 0 Å². The van der Waals surface area contributed by atoms with Gasteiger partial charge in [0.15, 0.2) is 0 Å². The quantitative estimate of drug-likeness (QED) is 0.729. The van der Waals surface area contributed by atoms with E-state index in [1.165, 1.54) is 25.7 Å². The summed E-state index contributed by atoms with van der Waals surface area (Å²) in [5, 5.41) is 0. The van der Waals surface area contributed by atoms with Crippen LogP contribution in [0.1, 0.15) is 46.0 Å². The highest BCUT2D eigenvalue weighted by Gasteiger charge is 2.19. The molecule has 3 atom stereocenters. The third-order valence-corrected chi connectivity index (χ3v) is 2.96.